The molecular weight excluding hydrogens is 913 g/mol. The highest BCUT2D eigenvalue weighted by atomic mass is 16.5. The Balaban J connectivity index is 1.11. The number of fused-ring (bicyclic) bond motifs is 10. The summed E-state index contributed by atoms with van der Waals surface area (Å²) in [7, 11) is 0. The van der Waals surface area contributed by atoms with Gasteiger partial charge in [-0.25, -0.2) is 4.98 Å². The Morgan fingerprint density at radius 2 is 1.21 bits per heavy atom. The quantitative estimate of drug-likeness (QED) is 0.123. The summed E-state index contributed by atoms with van der Waals surface area (Å²) < 4.78 is 111. The van der Waals surface area contributed by atoms with Crippen LogP contribution in [0.2, 0.25) is 0 Å². The summed E-state index contributed by atoms with van der Waals surface area (Å²) in [4.78, 5) is 4.89. The molecule has 1 aliphatic heterocycles. The lowest BCUT2D eigenvalue weighted by molar-refractivity contribution is -0.572. The molecule has 0 saturated carbocycles. The number of aryl methyl sites for hydroxylation is 2. The summed E-state index contributed by atoms with van der Waals surface area (Å²) in [6.45, 7) is 7.45. The van der Waals surface area contributed by atoms with Crippen LogP contribution < -0.4 is 9.30 Å². The molecule has 0 unspecified atom stereocenters. The zero-order valence-corrected chi connectivity index (χ0v) is 42.4. The lowest BCUT2D eigenvalue weighted by atomic mass is 9.80. The van der Waals surface area contributed by atoms with Crippen LogP contribution in [-0.4, -0.2) is 14.1 Å². The summed E-state index contributed by atoms with van der Waals surface area (Å²) in [5.74, 6) is 1.85. The van der Waals surface area contributed by atoms with Gasteiger partial charge in [0.2, 0.25) is 0 Å². The first-order valence-corrected chi connectivity index (χ1v) is 25.2. The van der Waals surface area contributed by atoms with Gasteiger partial charge >= 0.3 is 0 Å². The van der Waals surface area contributed by atoms with Crippen LogP contribution >= 0.6 is 0 Å². The molecular formula is C70H58N4O. The van der Waals surface area contributed by atoms with Crippen LogP contribution in [0.15, 0.2) is 206 Å². The summed E-state index contributed by atoms with van der Waals surface area (Å²) in [6, 6.07) is 51.5. The van der Waals surface area contributed by atoms with Crippen LogP contribution in [0.3, 0.4) is 0 Å². The Hall–Kier alpha value is -8.80. The van der Waals surface area contributed by atoms with Crippen molar-refractivity contribution in [2.45, 2.75) is 66.1 Å². The number of para-hydroxylation sites is 2. The van der Waals surface area contributed by atoms with Gasteiger partial charge in [-0.1, -0.05) is 181 Å². The van der Waals surface area contributed by atoms with Crippen molar-refractivity contribution in [1.29, 1.82) is 0 Å². The number of pyridine rings is 1. The third-order valence-corrected chi connectivity index (χ3v) is 14.6. The van der Waals surface area contributed by atoms with E-state index in [1.807, 2.05) is 125 Å². The van der Waals surface area contributed by atoms with Crippen LogP contribution in [0.5, 0.6) is 11.5 Å². The average molecular weight is 982 g/mol. The second-order valence-corrected chi connectivity index (χ2v) is 21.4. The summed E-state index contributed by atoms with van der Waals surface area (Å²) in [5, 5.41) is 2.10. The second-order valence-electron chi connectivity index (χ2n) is 21.4. The highest BCUT2D eigenvalue weighted by Crippen LogP contribution is 2.49. The van der Waals surface area contributed by atoms with Crippen LogP contribution in [-0.2, 0) is 10.8 Å². The summed E-state index contributed by atoms with van der Waals surface area (Å²) in [5.41, 5.74) is 10.4. The minimum absolute atomic E-state index is 0.0375. The third kappa shape index (κ3) is 7.68. The lowest BCUT2D eigenvalue weighted by Gasteiger charge is -2.27. The molecule has 0 bridgehead atoms. The van der Waals surface area contributed by atoms with Gasteiger partial charge in [-0.05, 0) is 157 Å². The molecule has 0 fully saturated rings. The van der Waals surface area contributed by atoms with E-state index < -0.39 is 37.2 Å². The van der Waals surface area contributed by atoms with Crippen molar-refractivity contribution in [2.75, 3.05) is 0 Å². The molecule has 4 heterocycles. The number of benzene rings is 9. The number of ether oxygens (including phenoxy) is 1. The monoisotopic (exact) mass is 982 g/mol. The van der Waals surface area contributed by atoms with Crippen LogP contribution in [0.4, 0.5) is 0 Å². The Morgan fingerprint density at radius 1 is 0.533 bits per heavy atom. The van der Waals surface area contributed by atoms with Crippen LogP contribution in [0.1, 0.15) is 78.9 Å². The Labute approximate surface area is 455 Å². The fraction of sp³-hybridized carbons (Fsp3) is 0.143. The maximum atomic E-state index is 9.36. The predicted octanol–water partition coefficient (Wildman–Crippen LogP) is 17.9. The van der Waals surface area contributed by atoms with Gasteiger partial charge in [0.15, 0.2) is 0 Å². The molecule has 3 aromatic heterocycles. The van der Waals surface area contributed by atoms with Crippen molar-refractivity contribution in [3.8, 4) is 84.3 Å². The number of hydrogen-bond acceptors (Lipinski definition) is 2. The molecule has 5 heteroatoms. The van der Waals surface area contributed by atoms with E-state index in [1.165, 1.54) is 18.2 Å². The van der Waals surface area contributed by atoms with Gasteiger partial charge in [0, 0.05) is 31.3 Å². The van der Waals surface area contributed by atoms with E-state index in [0.29, 0.717) is 78.4 Å². The molecule has 0 atom stereocenters. The molecule has 0 saturated heterocycles. The smallest absolute Gasteiger partial charge is 0.269 e. The van der Waals surface area contributed by atoms with Gasteiger partial charge in [-0.15, -0.1) is 0 Å². The van der Waals surface area contributed by atoms with Crippen molar-refractivity contribution in [2.24, 2.45) is 0 Å². The molecule has 13 rings (SSSR count). The van der Waals surface area contributed by atoms with Crippen molar-refractivity contribution < 1.29 is 24.4 Å². The maximum absolute atomic E-state index is 9.36. The second kappa shape index (κ2) is 17.4. The molecule has 5 nitrogen and oxygen atoms in total. The van der Waals surface area contributed by atoms with Crippen molar-refractivity contribution in [1.82, 2.24) is 14.1 Å². The topological polar surface area (TPSA) is 35.9 Å². The van der Waals surface area contributed by atoms with Crippen molar-refractivity contribution >= 4 is 32.8 Å². The molecule has 1 aliphatic rings. The zero-order valence-electron chi connectivity index (χ0n) is 53.4. The standard InChI is InChI=1S/C70H58N4O/c1-44-20-16-21-45(2)65(44)47-38-59-54-27-13-12-26-53(54)57-30-18-29-52(46-22-10-9-11-23-46)66(57)58-31-19-32-60(70(6,7)8)67(58)73-43-72(63(39-47)68(59)73)49-24-17-25-50(41-49)75-51-34-35-56-55-28-14-15-33-61(55)74(62(56)42-51)64-40-48(36-37-71-64)69(3,4)5/h9-42H,1-8H3/i1D3,2D3,9D,10D,11D,22D,23D. The minimum atomic E-state index is -2.73. The van der Waals surface area contributed by atoms with Gasteiger partial charge in [-0.2, -0.15) is 0 Å². The first-order chi connectivity index (χ1) is 40.8. The number of imidazole rings is 1. The van der Waals surface area contributed by atoms with E-state index in [1.54, 1.807) is 6.07 Å². The first kappa shape index (κ1) is 35.4. The Kier molecular flexibility index (Phi) is 8.22. The number of rotatable bonds is 6. The largest absolute Gasteiger partial charge is 0.458 e. The molecule has 0 amide bonds. The zero-order chi connectivity index (χ0) is 60.7. The predicted molar refractivity (Wildman–Crippen MR) is 310 cm³/mol. The van der Waals surface area contributed by atoms with Crippen molar-refractivity contribution in [3.05, 3.63) is 235 Å². The highest BCUT2D eigenvalue weighted by molar-refractivity contribution is 6.10. The van der Waals surface area contributed by atoms with Gasteiger partial charge in [-0.3, -0.25) is 13.7 Å². The number of nitrogens with zero attached hydrogens (tertiary/aromatic N) is 4. The van der Waals surface area contributed by atoms with Crippen LogP contribution in [0.25, 0.3) is 106 Å². The first-order valence-electron chi connectivity index (χ1n) is 30.7. The van der Waals surface area contributed by atoms with Gasteiger partial charge in [0.25, 0.3) is 6.33 Å². The molecule has 0 aliphatic carbocycles. The number of aromatic nitrogens is 4. The fourth-order valence-electron chi connectivity index (χ4n) is 11.1. The van der Waals surface area contributed by atoms with Crippen LogP contribution in [0, 0.1) is 20.0 Å². The average Bonchev–Trinajstić information content (AvgIpc) is 1.54. The van der Waals surface area contributed by atoms with Gasteiger partial charge in [0.05, 0.1) is 40.3 Å². The summed E-state index contributed by atoms with van der Waals surface area (Å²) in [6.07, 6.45) is 5.66. The Morgan fingerprint density at radius 3 is 2.00 bits per heavy atom. The number of hydrogen-bond donors (Lipinski definition) is 0. The molecule has 9 aromatic carbocycles. The molecule has 364 valence electrons. The molecule has 0 radical (unpaired) electrons. The summed E-state index contributed by atoms with van der Waals surface area (Å²) >= 11 is 0. The van der Waals surface area contributed by atoms with E-state index in [4.69, 9.17) is 22.1 Å². The maximum Gasteiger partial charge on any atom is 0.269 e. The van der Waals surface area contributed by atoms with E-state index in [9.17, 15) is 2.74 Å². The molecule has 12 aromatic rings. The van der Waals surface area contributed by atoms with E-state index in [0.717, 1.165) is 38.8 Å². The van der Waals surface area contributed by atoms with E-state index >= 15 is 0 Å². The Bertz CT molecular complexity index is 4740. The van der Waals surface area contributed by atoms with Gasteiger partial charge in [0.1, 0.15) is 17.3 Å². The minimum Gasteiger partial charge on any atom is -0.458 e. The SMILES string of the molecule is [2H]c1c([2H])c([2H])c(-c2cccc3c2-c2cccc(C(C)(C)C)c2-[n+]2[c-]n(-c4cccc(Oc5ccc6c7ccccc7n(-c7cc(C(C)(C)C)ccn7)c6c5)c4)c4cc(-c5c(C([2H])([2H])[2H])cccc5C([2H])([2H])[2H])cc(c42)-c2ccccc2-3)c([2H])c1[2H]. The van der Waals surface area contributed by atoms with Crippen molar-refractivity contribution in [3.63, 3.8) is 0 Å². The highest BCUT2D eigenvalue weighted by Gasteiger charge is 2.31. The third-order valence-electron chi connectivity index (χ3n) is 14.6. The van der Waals surface area contributed by atoms with E-state index in [2.05, 4.69) is 88.8 Å². The molecule has 75 heavy (non-hydrogen) atoms. The molecule has 0 spiro atoms. The van der Waals surface area contributed by atoms with E-state index in [-0.39, 0.29) is 39.8 Å². The molecule has 0 N–H and O–H groups in total. The normalized spacial score (nSPS) is 14.7. The lowest BCUT2D eigenvalue weighted by Crippen LogP contribution is -2.35. The van der Waals surface area contributed by atoms with Gasteiger partial charge < -0.3 is 4.74 Å². The fourth-order valence-corrected chi connectivity index (χ4v) is 11.1.